The zero-order valence-corrected chi connectivity index (χ0v) is 11.7. The highest BCUT2D eigenvalue weighted by Gasteiger charge is 2.41. The maximum Gasteiger partial charge on any atom is 0.160 e. The highest BCUT2D eigenvalue weighted by molar-refractivity contribution is 5.96. The first-order valence-electron chi connectivity index (χ1n) is 6.42. The highest BCUT2D eigenvalue weighted by Crippen LogP contribution is 2.50. The standard InChI is InChI=1S/C16H22O/c1-9-7-14-10(2)11(3)16(5,6)15(14)8-13(9)12(4)17/h7-8,10-11H,1-6H3/t10-,11-/m1/s1. The van der Waals surface area contributed by atoms with E-state index in [1.165, 1.54) is 11.1 Å². The number of aryl methyl sites for hydroxylation is 1. The molecule has 0 fully saturated rings. The Balaban J connectivity index is 2.69. The molecule has 0 heterocycles. The molecule has 1 nitrogen and oxygen atoms in total. The Bertz CT molecular complexity index is 483. The third-order valence-corrected chi connectivity index (χ3v) is 4.85. The second-order valence-electron chi connectivity index (χ2n) is 6.11. The van der Waals surface area contributed by atoms with Gasteiger partial charge in [0.25, 0.3) is 0 Å². The summed E-state index contributed by atoms with van der Waals surface area (Å²) in [6, 6.07) is 4.36. The van der Waals surface area contributed by atoms with Gasteiger partial charge in [0.15, 0.2) is 5.78 Å². The van der Waals surface area contributed by atoms with Crippen molar-refractivity contribution in [2.24, 2.45) is 5.92 Å². The van der Waals surface area contributed by atoms with Crippen LogP contribution in [0.4, 0.5) is 0 Å². The lowest BCUT2D eigenvalue weighted by Gasteiger charge is -2.27. The van der Waals surface area contributed by atoms with Crippen molar-refractivity contribution in [3.63, 3.8) is 0 Å². The van der Waals surface area contributed by atoms with Crippen molar-refractivity contribution < 1.29 is 4.79 Å². The zero-order chi connectivity index (χ0) is 13.0. The number of carbonyl (C=O) groups is 1. The van der Waals surface area contributed by atoms with Gasteiger partial charge in [-0.2, -0.15) is 0 Å². The second kappa shape index (κ2) is 3.69. The van der Waals surface area contributed by atoms with E-state index in [-0.39, 0.29) is 11.2 Å². The Morgan fingerprint density at radius 3 is 2.35 bits per heavy atom. The summed E-state index contributed by atoms with van der Waals surface area (Å²) in [5.41, 5.74) is 4.98. The van der Waals surface area contributed by atoms with Gasteiger partial charge in [-0.05, 0) is 53.9 Å². The third-order valence-electron chi connectivity index (χ3n) is 4.85. The Morgan fingerprint density at radius 1 is 1.24 bits per heavy atom. The van der Waals surface area contributed by atoms with Crippen molar-refractivity contribution >= 4 is 5.78 Å². The lowest BCUT2D eigenvalue weighted by Crippen LogP contribution is -2.22. The van der Waals surface area contributed by atoms with Gasteiger partial charge in [-0.15, -0.1) is 0 Å². The normalized spacial score (nSPS) is 25.8. The Hall–Kier alpha value is -1.11. The number of carbonyl (C=O) groups excluding carboxylic acids is 1. The van der Waals surface area contributed by atoms with Gasteiger partial charge < -0.3 is 0 Å². The molecule has 0 saturated carbocycles. The molecule has 2 rings (SSSR count). The number of Topliss-reactive ketones (excluding diaryl/α,β-unsaturated/α-hetero) is 1. The van der Waals surface area contributed by atoms with Crippen LogP contribution in [-0.2, 0) is 5.41 Å². The molecule has 1 aromatic rings. The van der Waals surface area contributed by atoms with E-state index < -0.39 is 0 Å². The van der Waals surface area contributed by atoms with Gasteiger partial charge in [-0.25, -0.2) is 0 Å². The first-order chi connectivity index (χ1) is 7.76. The van der Waals surface area contributed by atoms with Gasteiger partial charge >= 0.3 is 0 Å². The minimum absolute atomic E-state index is 0.173. The van der Waals surface area contributed by atoms with E-state index in [0.717, 1.165) is 11.1 Å². The van der Waals surface area contributed by atoms with Crippen molar-refractivity contribution in [2.75, 3.05) is 0 Å². The summed E-state index contributed by atoms with van der Waals surface area (Å²) in [4.78, 5) is 11.6. The van der Waals surface area contributed by atoms with Crippen LogP contribution in [0.25, 0.3) is 0 Å². The van der Waals surface area contributed by atoms with Gasteiger partial charge in [0.05, 0.1) is 0 Å². The molecule has 0 unspecified atom stereocenters. The fourth-order valence-corrected chi connectivity index (χ4v) is 3.18. The SMILES string of the molecule is CC(=O)c1cc2c(cc1C)[C@H](C)[C@@H](C)C2(C)C. The quantitative estimate of drug-likeness (QED) is 0.660. The fourth-order valence-electron chi connectivity index (χ4n) is 3.18. The fraction of sp³-hybridized carbons (Fsp3) is 0.562. The molecule has 0 spiro atoms. The zero-order valence-electron chi connectivity index (χ0n) is 11.7. The molecular formula is C16H22O. The van der Waals surface area contributed by atoms with E-state index in [2.05, 4.69) is 39.8 Å². The maximum atomic E-state index is 11.6. The van der Waals surface area contributed by atoms with Crippen LogP contribution in [0.2, 0.25) is 0 Å². The van der Waals surface area contributed by atoms with Crippen molar-refractivity contribution in [2.45, 2.75) is 52.9 Å². The van der Waals surface area contributed by atoms with Crippen molar-refractivity contribution in [3.8, 4) is 0 Å². The van der Waals surface area contributed by atoms with Gasteiger partial charge in [-0.1, -0.05) is 33.8 Å². The van der Waals surface area contributed by atoms with Gasteiger partial charge in [0, 0.05) is 5.56 Å². The lowest BCUT2D eigenvalue weighted by atomic mass is 9.77. The molecule has 92 valence electrons. The van der Waals surface area contributed by atoms with Crippen LogP contribution in [0.15, 0.2) is 12.1 Å². The monoisotopic (exact) mass is 230 g/mol. The number of rotatable bonds is 1. The minimum Gasteiger partial charge on any atom is -0.295 e. The molecule has 0 aliphatic heterocycles. The first kappa shape index (κ1) is 12.3. The molecule has 1 aromatic carbocycles. The summed E-state index contributed by atoms with van der Waals surface area (Å²) in [7, 11) is 0. The van der Waals surface area contributed by atoms with Crippen LogP contribution < -0.4 is 0 Å². The number of fused-ring (bicyclic) bond motifs is 1. The molecule has 1 aliphatic rings. The molecule has 0 saturated heterocycles. The van der Waals surface area contributed by atoms with Gasteiger partial charge in [0.1, 0.15) is 0 Å². The van der Waals surface area contributed by atoms with E-state index in [1.54, 1.807) is 6.92 Å². The molecule has 0 amide bonds. The van der Waals surface area contributed by atoms with E-state index in [0.29, 0.717) is 11.8 Å². The van der Waals surface area contributed by atoms with E-state index in [1.807, 2.05) is 6.92 Å². The van der Waals surface area contributed by atoms with Gasteiger partial charge in [0.2, 0.25) is 0 Å². The number of benzene rings is 1. The molecule has 0 radical (unpaired) electrons. The number of ketones is 1. The smallest absolute Gasteiger partial charge is 0.160 e. The second-order valence-corrected chi connectivity index (χ2v) is 6.11. The van der Waals surface area contributed by atoms with Crippen molar-refractivity contribution in [1.82, 2.24) is 0 Å². The summed E-state index contributed by atoms with van der Waals surface area (Å²) >= 11 is 0. The van der Waals surface area contributed by atoms with Crippen molar-refractivity contribution in [1.29, 1.82) is 0 Å². The molecule has 0 aromatic heterocycles. The van der Waals surface area contributed by atoms with E-state index in [9.17, 15) is 4.79 Å². The van der Waals surface area contributed by atoms with E-state index >= 15 is 0 Å². The number of hydrogen-bond acceptors (Lipinski definition) is 1. The largest absolute Gasteiger partial charge is 0.295 e. The molecule has 17 heavy (non-hydrogen) atoms. The minimum atomic E-state index is 0.173. The molecule has 0 N–H and O–H groups in total. The predicted molar refractivity (Wildman–Crippen MR) is 71.8 cm³/mol. The summed E-state index contributed by atoms with van der Waals surface area (Å²) in [5, 5.41) is 0. The summed E-state index contributed by atoms with van der Waals surface area (Å²) in [6.07, 6.45) is 0. The lowest BCUT2D eigenvalue weighted by molar-refractivity contribution is 0.101. The van der Waals surface area contributed by atoms with Crippen molar-refractivity contribution in [3.05, 3.63) is 34.4 Å². The Kier molecular flexibility index (Phi) is 2.68. The van der Waals surface area contributed by atoms with Crippen LogP contribution in [0.5, 0.6) is 0 Å². The Labute approximate surface area is 104 Å². The van der Waals surface area contributed by atoms with Crippen LogP contribution in [-0.4, -0.2) is 5.78 Å². The summed E-state index contributed by atoms with van der Waals surface area (Å²) in [5.74, 6) is 1.38. The van der Waals surface area contributed by atoms with Crippen LogP contribution >= 0.6 is 0 Å². The summed E-state index contributed by atoms with van der Waals surface area (Å²) < 4.78 is 0. The molecule has 1 heteroatoms. The average Bonchev–Trinajstić information content (AvgIpc) is 2.39. The first-order valence-corrected chi connectivity index (χ1v) is 6.42. The van der Waals surface area contributed by atoms with Gasteiger partial charge in [-0.3, -0.25) is 4.79 Å². The average molecular weight is 230 g/mol. The van der Waals surface area contributed by atoms with E-state index in [4.69, 9.17) is 0 Å². The molecule has 2 atom stereocenters. The highest BCUT2D eigenvalue weighted by atomic mass is 16.1. The maximum absolute atomic E-state index is 11.6. The Morgan fingerprint density at radius 2 is 1.82 bits per heavy atom. The molecular weight excluding hydrogens is 208 g/mol. The summed E-state index contributed by atoms with van der Waals surface area (Å²) in [6.45, 7) is 12.9. The molecule has 0 bridgehead atoms. The van der Waals surface area contributed by atoms with Crippen LogP contribution in [0, 0.1) is 12.8 Å². The topological polar surface area (TPSA) is 17.1 Å². The number of hydrogen-bond donors (Lipinski definition) is 0. The predicted octanol–water partition coefficient (Wildman–Crippen LogP) is 4.23. The third kappa shape index (κ3) is 1.64. The van der Waals surface area contributed by atoms with Crippen LogP contribution in [0.3, 0.4) is 0 Å². The molecule has 1 aliphatic carbocycles. The van der Waals surface area contributed by atoms with Crippen LogP contribution in [0.1, 0.15) is 67.6 Å².